The van der Waals surface area contributed by atoms with Gasteiger partial charge in [-0.15, -0.1) is 0 Å². The summed E-state index contributed by atoms with van der Waals surface area (Å²) in [6.45, 7) is 3.01. The highest BCUT2D eigenvalue weighted by Crippen LogP contribution is 2.13. The van der Waals surface area contributed by atoms with Crippen LogP contribution in [0.25, 0.3) is 0 Å². The van der Waals surface area contributed by atoms with Gasteiger partial charge in [-0.05, 0) is 54.6 Å². The smallest absolute Gasteiger partial charge is 0.252 e. The van der Waals surface area contributed by atoms with Crippen LogP contribution in [0.4, 0.5) is 4.39 Å². The normalized spacial score (nSPS) is 12.0. The molecule has 86 valence electrons. The predicted octanol–water partition coefficient (Wildman–Crippen LogP) is 2.14. The van der Waals surface area contributed by atoms with Gasteiger partial charge in [0.1, 0.15) is 5.82 Å². The summed E-state index contributed by atoms with van der Waals surface area (Å²) in [6.07, 6.45) is 0. The lowest BCUT2D eigenvalue weighted by Gasteiger charge is -2.11. The molecule has 1 aromatic carbocycles. The van der Waals surface area contributed by atoms with Gasteiger partial charge in [-0.2, -0.15) is 0 Å². The molecule has 0 aliphatic carbocycles. The molecule has 0 saturated heterocycles. The van der Waals surface area contributed by atoms with Crippen molar-refractivity contribution in [2.45, 2.75) is 19.9 Å². The van der Waals surface area contributed by atoms with E-state index in [0.717, 1.165) is 0 Å². The minimum Gasteiger partial charge on any atom is -0.342 e. The Morgan fingerprint density at radius 2 is 2.06 bits per heavy atom. The first-order valence-corrected chi connectivity index (χ1v) is 5.76. The Kier molecular flexibility index (Phi) is 4.40. The van der Waals surface area contributed by atoms with E-state index in [-0.39, 0.29) is 17.5 Å². The fourth-order valence-electron chi connectivity index (χ4n) is 1.05. The van der Waals surface area contributed by atoms with Crippen LogP contribution in [0.1, 0.15) is 24.2 Å². The summed E-state index contributed by atoms with van der Waals surface area (Å²) in [5, 5.41) is 2.54. The standard InChI is InChI=1S/C11H11FINO2/c1-6(7(2)15)14-11(16)9-4-3-8(12)5-10(9)13/h3-6H,1-2H3,(H,14,16). The zero-order valence-electron chi connectivity index (χ0n) is 8.88. The summed E-state index contributed by atoms with van der Waals surface area (Å²) in [6, 6.07) is 3.36. The molecule has 16 heavy (non-hydrogen) atoms. The van der Waals surface area contributed by atoms with Gasteiger partial charge >= 0.3 is 0 Å². The molecule has 3 nitrogen and oxygen atoms in total. The van der Waals surface area contributed by atoms with Crippen molar-refractivity contribution in [3.63, 3.8) is 0 Å². The molecular formula is C11H11FINO2. The van der Waals surface area contributed by atoms with Gasteiger partial charge < -0.3 is 5.32 Å². The zero-order chi connectivity index (χ0) is 12.3. The number of halogens is 2. The van der Waals surface area contributed by atoms with Crippen LogP contribution in [0.5, 0.6) is 0 Å². The van der Waals surface area contributed by atoms with Crippen molar-refractivity contribution < 1.29 is 14.0 Å². The van der Waals surface area contributed by atoms with Crippen molar-refractivity contribution in [1.82, 2.24) is 5.32 Å². The summed E-state index contributed by atoms with van der Waals surface area (Å²) in [5.74, 6) is -0.877. The second-order valence-corrected chi connectivity index (χ2v) is 4.59. The summed E-state index contributed by atoms with van der Waals surface area (Å²) in [5.41, 5.74) is 0.370. The van der Waals surface area contributed by atoms with Crippen molar-refractivity contribution >= 4 is 34.3 Å². The Hall–Kier alpha value is -0.980. The first kappa shape index (κ1) is 13.1. The maximum Gasteiger partial charge on any atom is 0.252 e. The van der Waals surface area contributed by atoms with Crippen LogP contribution in [-0.4, -0.2) is 17.7 Å². The van der Waals surface area contributed by atoms with E-state index < -0.39 is 6.04 Å². The van der Waals surface area contributed by atoms with E-state index >= 15 is 0 Å². The second-order valence-electron chi connectivity index (χ2n) is 3.43. The van der Waals surface area contributed by atoms with Crippen molar-refractivity contribution in [1.29, 1.82) is 0 Å². The van der Waals surface area contributed by atoms with Crippen LogP contribution in [0.3, 0.4) is 0 Å². The van der Waals surface area contributed by atoms with Gasteiger partial charge in [-0.1, -0.05) is 0 Å². The molecule has 0 heterocycles. The van der Waals surface area contributed by atoms with E-state index in [2.05, 4.69) is 5.32 Å². The molecule has 0 aliphatic heterocycles. The minimum atomic E-state index is -0.534. The number of carbonyl (C=O) groups is 2. The maximum atomic E-state index is 12.8. The molecule has 0 fully saturated rings. The topological polar surface area (TPSA) is 46.2 Å². The molecule has 0 aliphatic rings. The number of Topliss-reactive ketones (excluding diaryl/α,β-unsaturated/α-hetero) is 1. The first-order chi connectivity index (χ1) is 7.41. The quantitative estimate of drug-likeness (QED) is 0.861. The molecular weight excluding hydrogens is 324 g/mol. The van der Waals surface area contributed by atoms with Crippen LogP contribution < -0.4 is 5.32 Å². The van der Waals surface area contributed by atoms with Gasteiger partial charge in [0, 0.05) is 3.57 Å². The number of benzene rings is 1. The molecule has 1 rings (SSSR count). The van der Waals surface area contributed by atoms with Gasteiger partial charge in [0.15, 0.2) is 5.78 Å². The lowest BCUT2D eigenvalue weighted by Crippen LogP contribution is -2.37. The fourth-order valence-corrected chi connectivity index (χ4v) is 1.77. The van der Waals surface area contributed by atoms with E-state index in [4.69, 9.17) is 0 Å². The first-order valence-electron chi connectivity index (χ1n) is 4.68. The van der Waals surface area contributed by atoms with Crippen LogP contribution in [-0.2, 0) is 4.79 Å². The largest absolute Gasteiger partial charge is 0.342 e. The molecule has 0 saturated carbocycles. The summed E-state index contributed by atoms with van der Waals surface area (Å²) in [4.78, 5) is 22.7. The van der Waals surface area contributed by atoms with Gasteiger partial charge in [-0.3, -0.25) is 9.59 Å². The fraction of sp³-hybridized carbons (Fsp3) is 0.273. The van der Waals surface area contributed by atoms with Crippen molar-refractivity contribution in [2.24, 2.45) is 0 Å². The molecule has 1 unspecified atom stereocenters. The number of amides is 1. The SMILES string of the molecule is CC(=O)C(C)NC(=O)c1ccc(F)cc1I. The van der Waals surface area contributed by atoms with Crippen LogP contribution in [0.2, 0.25) is 0 Å². The number of ketones is 1. The molecule has 1 aromatic rings. The lowest BCUT2D eigenvalue weighted by molar-refractivity contribution is -0.118. The monoisotopic (exact) mass is 335 g/mol. The van der Waals surface area contributed by atoms with Gasteiger partial charge in [-0.25, -0.2) is 4.39 Å². The van der Waals surface area contributed by atoms with E-state index in [1.165, 1.54) is 25.1 Å². The Balaban J connectivity index is 2.85. The molecule has 1 N–H and O–H groups in total. The van der Waals surface area contributed by atoms with Crippen molar-refractivity contribution in [2.75, 3.05) is 0 Å². The van der Waals surface area contributed by atoms with Crippen LogP contribution in [0, 0.1) is 9.39 Å². The number of rotatable bonds is 3. The van der Waals surface area contributed by atoms with Crippen molar-refractivity contribution in [3.8, 4) is 0 Å². The van der Waals surface area contributed by atoms with E-state index in [1.54, 1.807) is 6.92 Å². The number of carbonyl (C=O) groups excluding carboxylic acids is 2. The molecule has 0 spiro atoms. The average Bonchev–Trinajstić information content (AvgIpc) is 2.16. The lowest BCUT2D eigenvalue weighted by atomic mass is 10.2. The van der Waals surface area contributed by atoms with Crippen LogP contribution in [0.15, 0.2) is 18.2 Å². The number of hydrogen-bond donors (Lipinski definition) is 1. The molecule has 5 heteroatoms. The maximum absolute atomic E-state index is 12.8. The Morgan fingerprint density at radius 1 is 1.44 bits per heavy atom. The van der Waals surface area contributed by atoms with Gasteiger partial charge in [0.05, 0.1) is 11.6 Å². The Labute approximate surface area is 107 Å². The summed E-state index contributed by atoms with van der Waals surface area (Å²) in [7, 11) is 0. The third-order valence-electron chi connectivity index (χ3n) is 2.13. The van der Waals surface area contributed by atoms with Gasteiger partial charge in [0.2, 0.25) is 0 Å². The molecule has 1 amide bonds. The predicted molar refractivity (Wildman–Crippen MR) is 66.7 cm³/mol. The Morgan fingerprint density at radius 3 is 2.56 bits per heavy atom. The molecule has 0 radical (unpaired) electrons. The summed E-state index contributed by atoms with van der Waals surface area (Å²) < 4.78 is 13.3. The van der Waals surface area contributed by atoms with Gasteiger partial charge in [0.25, 0.3) is 5.91 Å². The average molecular weight is 335 g/mol. The van der Waals surface area contributed by atoms with E-state index in [9.17, 15) is 14.0 Å². The number of nitrogens with one attached hydrogen (secondary N) is 1. The van der Waals surface area contributed by atoms with Crippen molar-refractivity contribution in [3.05, 3.63) is 33.1 Å². The Bertz CT molecular complexity index is 434. The third kappa shape index (κ3) is 3.26. The van der Waals surface area contributed by atoms with Crippen LogP contribution >= 0.6 is 22.6 Å². The third-order valence-corrected chi connectivity index (χ3v) is 3.03. The molecule has 1 atom stereocenters. The highest BCUT2D eigenvalue weighted by atomic mass is 127. The molecule has 0 bridgehead atoms. The zero-order valence-corrected chi connectivity index (χ0v) is 11.0. The summed E-state index contributed by atoms with van der Waals surface area (Å²) >= 11 is 1.88. The number of hydrogen-bond acceptors (Lipinski definition) is 2. The second kappa shape index (κ2) is 5.38. The van der Waals surface area contributed by atoms with E-state index in [1.807, 2.05) is 22.6 Å². The molecule has 0 aromatic heterocycles. The minimum absolute atomic E-state index is 0.120. The highest BCUT2D eigenvalue weighted by molar-refractivity contribution is 14.1. The van der Waals surface area contributed by atoms with E-state index in [0.29, 0.717) is 9.13 Å². The highest BCUT2D eigenvalue weighted by Gasteiger charge is 2.15.